The van der Waals surface area contributed by atoms with Crippen molar-refractivity contribution in [1.82, 2.24) is 9.80 Å². The van der Waals surface area contributed by atoms with Gasteiger partial charge in [-0.2, -0.15) is 0 Å². The molecule has 2 aliphatic heterocycles. The highest BCUT2D eigenvalue weighted by atomic mass is 16.6. The van der Waals surface area contributed by atoms with Crippen molar-refractivity contribution < 1.29 is 28.9 Å². The predicted octanol–water partition coefficient (Wildman–Crippen LogP) is 3.57. The first-order chi connectivity index (χ1) is 17.0. The van der Waals surface area contributed by atoms with E-state index >= 15 is 0 Å². The molecule has 2 heterocycles. The number of fused-ring (bicyclic) bond motifs is 1. The lowest BCUT2D eigenvalue weighted by Crippen LogP contribution is -2.41. The van der Waals surface area contributed by atoms with Crippen molar-refractivity contribution in [2.75, 3.05) is 46.5 Å². The number of rotatable bonds is 9. The predicted molar refractivity (Wildman–Crippen MR) is 131 cm³/mol. The number of methoxy groups -OCH3 is 1. The fourth-order valence-electron chi connectivity index (χ4n) is 5.22. The number of hydrogen-bond acceptors (Lipinski definition) is 6. The zero-order valence-electron chi connectivity index (χ0n) is 20.6. The van der Waals surface area contributed by atoms with E-state index in [2.05, 4.69) is 0 Å². The zero-order chi connectivity index (χ0) is 24.9. The Labute approximate surface area is 206 Å². The van der Waals surface area contributed by atoms with Gasteiger partial charge < -0.3 is 24.2 Å². The van der Waals surface area contributed by atoms with Crippen molar-refractivity contribution in [3.8, 4) is 17.2 Å². The fraction of sp³-hybridized carbons (Fsp3) is 0.481. The molecule has 1 saturated heterocycles. The summed E-state index contributed by atoms with van der Waals surface area (Å²) >= 11 is 0. The van der Waals surface area contributed by atoms with Crippen LogP contribution in [0.4, 0.5) is 0 Å². The highest BCUT2D eigenvalue weighted by Gasteiger charge is 2.48. The molecule has 1 fully saturated rings. The van der Waals surface area contributed by atoms with Gasteiger partial charge >= 0.3 is 5.97 Å². The van der Waals surface area contributed by atoms with Gasteiger partial charge in [0.2, 0.25) is 5.91 Å². The molecule has 0 bridgehead atoms. The van der Waals surface area contributed by atoms with Crippen LogP contribution < -0.4 is 14.2 Å². The van der Waals surface area contributed by atoms with Crippen LogP contribution in [0.2, 0.25) is 0 Å². The SMILES string of the molecule is CCCN(CC)C(=O)CN1CC(c2ccc3c(c2)OCCO3)C(C(=O)O)C1c1ccc(OC)cc1. The van der Waals surface area contributed by atoms with E-state index in [4.69, 9.17) is 14.2 Å². The number of hydrogen-bond donors (Lipinski definition) is 1. The molecule has 35 heavy (non-hydrogen) atoms. The summed E-state index contributed by atoms with van der Waals surface area (Å²) in [6.45, 7) is 6.89. The summed E-state index contributed by atoms with van der Waals surface area (Å²) in [6.07, 6.45) is 0.874. The van der Waals surface area contributed by atoms with Crippen LogP contribution in [0.5, 0.6) is 17.2 Å². The standard InChI is InChI=1S/C27H34N2O6/c1-4-12-28(5-2)24(30)17-29-16-21(19-8-11-22-23(15-19)35-14-13-34-22)25(27(31)32)26(29)18-6-9-20(33-3)10-7-18/h6-11,15,21,25-26H,4-5,12-14,16-17H2,1-3H3,(H,31,32). The molecule has 4 rings (SSSR count). The van der Waals surface area contributed by atoms with Crippen LogP contribution in [-0.2, 0) is 9.59 Å². The summed E-state index contributed by atoms with van der Waals surface area (Å²) in [5.74, 6) is 0.0749. The van der Waals surface area contributed by atoms with Gasteiger partial charge in [-0.15, -0.1) is 0 Å². The maximum atomic E-state index is 13.2. The number of carboxylic acid groups (broad SMARTS) is 1. The Morgan fingerprint density at radius 1 is 1.06 bits per heavy atom. The van der Waals surface area contributed by atoms with Crippen molar-refractivity contribution >= 4 is 11.9 Å². The largest absolute Gasteiger partial charge is 0.497 e. The Kier molecular flexibility index (Phi) is 7.80. The lowest BCUT2D eigenvalue weighted by atomic mass is 9.82. The van der Waals surface area contributed by atoms with E-state index in [0.29, 0.717) is 50.1 Å². The van der Waals surface area contributed by atoms with E-state index in [1.54, 1.807) is 7.11 Å². The number of ether oxygens (including phenoxy) is 3. The van der Waals surface area contributed by atoms with Crippen molar-refractivity contribution in [2.24, 2.45) is 5.92 Å². The van der Waals surface area contributed by atoms with Gasteiger partial charge in [0.15, 0.2) is 11.5 Å². The molecule has 2 aliphatic rings. The number of carboxylic acids is 1. The highest BCUT2D eigenvalue weighted by Crippen LogP contribution is 2.47. The topological polar surface area (TPSA) is 88.5 Å². The summed E-state index contributed by atoms with van der Waals surface area (Å²) < 4.78 is 16.7. The number of aliphatic carboxylic acids is 1. The van der Waals surface area contributed by atoms with E-state index in [9.17, 15) is 14.7 Å². The van der Waals surface area contributed by atoms with Crippen LogP contribution in [0.15, 0.2) is 42.5 Å². The van der Waals surface area contributed by atoms with Crippen LogP contribution in [0, 0.1) is 5.92 Å². The van der Waals surface area contributed by atoms with Crippen molar-refractivity contribution in [1.29, 1.82) is 0 Å². The van der Waals surface area contributed by atoms with Gasteiger partial charge in [0.25, 0.3) is 0 Å². The minimum atomic E-state index is -0.887. The first-order valence-electron chi connectivity index (χ1n) is 12.2. The highest BCUT2D eigenvalue weighted by molar-refractivity contribution is 5.79. The zero-order valence-corrected chi connectivity index (χ0v) is 20.6. The second kappa shape index (κ2) is 11.0. The van der Waals surface area contributed by atoms with Crippen LogP contribution in [0.3, 0.4) is 0 Å². The minimum absolute atomic E-state index is 0.0137. The molecule has 0 spiro atoms. The lowest BCUT2D eigenvalue weighted by molar-refractivity contribution is -0.143. The van der Waals surface area contributed by atoms with Gasteiger partial charge in [-0.1, -0.05) is 25.1 Å². The van der Waals surface area contributed by atoms with E-state index in [1.807, 2.05) is 66.1 Å². The van der Waals surface area contributed by atoms with E-state index in [-0.39, 0.29) is 18.4 Å². The Morgan fingerprint density at radius 2 is 1.74 bits per heavy atom. The van der Waals surface area contributed by atoms with E-state index in [1.165, 1.54) is 0 Å². The lowest BCUT2D eigenvalue weighted by Gasteiger charge is -2.29. The van der Waals surface area contributed by atoms with Crippen LogP contribution in [-0.4, -0.2) is 73.3 Å². The molecule has 3 atom stereocenters. The molecule has 8 nitrogen and oxygen atoms in total. The van der Waals surface area contributed by atoms with Gasteiger partial charge in [0.05, 0.1) is 19.6 Å². The summed E-state index contributed by atoms with van der Waals surface area (Å²) in [6, 6.07) is 12.7. The molecule has 188 valence electrons. The quantitative estimate of drug-likeness (QED) is 0.585. The van der Waals surface area contributed by atoms with Gasteiger partial charge in [-0.05, 0) is 48.7 Å². The first-order valence-corrected chi connectivity index (χ1v) is 12.2. The molecule has 1 amide bonds. The normalized spacial score (nSPS) is 21.5. The fourth-order valence-corrected chi connectivity index (χ4v) is 5.22. The van der Waals surface area contributed by atoms with Crippen molar-refractivity contribution in [2.45, 2.75) is 32.2 Å². The minimum Gasteiger partial charge on any atom is -0.497 e. The molecule has 0 radical (unpaired) electrons. The molecule has 0 aromatic heterocycles. The average Bonchev–Trinajstić information content (AvgIpc) is 3.26. The summed E-state index contributed by atoms with van der Waals surface area (Å²) in [5.41, 5.74) is 1.72. The molecular formula is C27H34N2O6. The third kappa shape index (κ3) is 5.22. The van der Waals surface area contributed by atoms with Gasteiger partial charge in [0, 0.05) is 31.6 Å². The Morgan fingerprint density at radius 3 is 2.37 bits per heavy atom. The monoisotopic (exact) mass is 482 g/mol. The number of likely N-dealkylation sites (N-methyl/N-ethyl adjacent to an activating group) is 1. The van der Waals surface area contributed by atoms with Crippen LogP contribution in [0.1, 0.15) is 43.4 Å². The molecule has 8 heteroatoms. The molecule has 0 saturated carbocycles. The van der Waals surface area contributed by atoms with E-state index in [0.717, 1.165) is 17.5 Å². The summed E-state index contributed by atoms with van der Waals surface area (Å²) in [5, 5.41) is 10.4. The molecule has 1 N–H and O–H groups in total. The number of amides is 1. The third-order valence-corrected chi connectivity index (χ3v) is 6.90. The average molecular weight is 483 g/mol. The first kappa shape index (κ1) is 24.9. The van der Waals surface area contributed by atoms with Gasteiger partial charge in [0.1, 0.15) is 19.0 Å². The van der Waals surface area contributed by atoms with Crippen LogP contribution in [0.25, 0.3) is 0 Å². The second-order valence-electron chi connectivity index (χ2n) is 8.99. The maximum absolute atomic E-state index is 13.2. The molecular weight excluding hydrogens is 448 g/mol. The summed E-state index contributed by atoms with van der Waals surface area (Å²) in [4.78, 5) is 29.7. The molecule has 2 aromatic rings. The number of likely N-dealkylation sites (tertiary alicyclic amines) is 1. The number of nitrogens with zero attached hydrogens (tertiary/aromatic N) is 2. The number of carbonyl (C=O) groups excluding carboxylic acids is 1. The smallest absolute Gasteiger partial charge is 0.309 e. The Hall–Kier alpha value is -3.26. The van der Waals surface area contributed by atoms with Crippen molar-refractivity contribution in [3.63, 3.8) is 0 Å². The Balaban J connectivity index is 1.71. The maximum Gasteiger partial charge on any atom is 0.309 e. The molecule has 0 aliphatic carbocycles. The van der Waals surface area contributed by atoms with Gasteiger partial charge in [-0.25, -0.2) is 0 Å². The Bertz CT molecular complexity index is 1040. The number of carbonyl (C=O) groups is 2. The molecule has 3 unspecified atom stereocenters. The number of benzene rings is 2. The van der Waals surface area contributed by atoms with E-state index < -0.39 is 17.9 Å². The third-order valence-electron chi connectivity index (χ3n) is 6.90. The second-order valence-corrected chi connectivity index (χ2v) is 8.99. The summed E-state index contributed by atoms with van der Waals surface area (Å²) in [7, 11) is 1.60. The van der Waals surface area contributed by atoms with Crippen molar-refractivity contribution in [3.05, 3.63) is 53.6 Å². The van der Waals surface area contributed by atoms with Gasteiger partial charge in [-0.3, -0.25) is 14.5 Å². The van der Waals surface area contributed by atoms with Crippen LogP contribution >= 0.6 is 0 Å². The molecule has 2 aromatic carbocycles.